The molecule has 0 aromatic heterocycles. The maximum atomic E-state index is 12.7. The second kappa shape index (κ2) is 5.81. The minimum Gasteiger partial charge on any atom is -0.388 e. The summed E-state index contributed by atoms with van der Waals surface area (Å²) in [7, 11) is 1.90. The molecule has 1 fully saturated rings. The van der Waals surface area contributed by atoms with Gasteiger partial charge in [-0.25, -0.2) is 0 Å². The standard InChI is InChI=1S/C18H23N3O2/c1-13-12-14(19-3)7-9-20(13)10-11-21-16(22)15-6-4-5-8-18(15,2)17(21)23/h4-9,12-13,15,19H,10-11H2,1-3H3/p+1. The normalized spacial score (nSPS) is 35.5. The van der Waals surface area contributed by atoms with E-state index in [1.807, 2.05) is 44.4 Å². The molecule has 1 saturated heterocycles. The van der Waals surface area contributed by atoms with Gasteiger partial charge in [0.05, 0.1) is 24.1 Å². The lowest BCUT2D eigenvalue weighted by molar-refractivity contribution is -0.864. The van der Waals surface area contributed by atoms with Crippen molar-refractivity contribution in [2.24, 2.45) is 11.3 Å². The smallest absolute Gasteiger partial charge is 0.240 e. The molecule has 122 valence electrons. The first-order valence-electron chi connectivity index (χ1n) is 8.12. The van der Waals surface area contributed by atoms with Gasteiger partial charge in [0, 0.05) is 18.8 Å². The predicted molar refractivity (Wildman–Crippen MR) is 88.2 cm³/mol. The number of fused-ring (bicyclic) bond motifs is 1. The van der Waals surface area contributed by atoms with Crippen molar-refractivity contribution in [3.8, 4) is 0 Å². The van der Waals surface area contributed by atoms with Crippen molar-refractivity contribution in [1.82, 2.24) is 10.2 Å². The van der Waals surface area contributed by atoms with Crippen LogP contribution in [0.5, 0.6) is 0 Å². The summed E-state index contributed by atoms with van der Waals surface area (Å²) in [5.74, 6) is -0.495. The van der Waals surface area contributed by atoms with Crippen LogP contribution in [0.15, 0.2) is 48.4 Å². The molecule has 5 nitrogen and oxygen atoms in total. The second-order valence-electron chi connectivity index (χ2n) is 6.62. The van der Waals surface area contributed by atoms with Crippen molar-refractivity contribution in [2.75, 3.05) is 20.1 Å². The average molecular weight is 314 g/mol. The number of likely N-dealkylation sites (tertiary alicyclic amines) is 1. The largest absolute Gasteiger partial charge is 0.388 e. The molecule has 0 radical (unpaired) electrons. The molecule has 2 amide bonds. The van der Waals surface area contributed by atoms with E-state index in [0.29, 0.717) is 12.6 Å². The topological polar surface area (TPSA) is 53.9 Å². The molecule has 3 aliphatic rings. The summed E-state index contributed by atoms with van der Waals surface area (Å²) in [4.78, 5) is 28.0. The van der Waals surface area contributed by atoms with Gasteiger partial charge in [-0.05, 0) is 19.9 Å². The molecule has 0 saturated carbocycles. The third-order valence-electron chi connectivity index (χ3n) is 5.15. The van der Waals surface area contributed by atoms with Crippen LogP contribution in [0.1, 0.15) is 13.8 Å². The Labute approximate surface area is 137 Å². The van der Waals surface area contributed by atoms with Gasteiger partial charge in [-0.3, -0.25) is 14.5 Å². The lowest BCUT2D eigenvalue weighted by Crippen LogP contribution is -3.12. The number of carbonyl (C=O) groups is 2. The van der Waals surface area contributed by atoms with Crippen LogP contribution in [0.25, 0.3) is 0 Å². The van der Waals surface area contributed by atoms with E-state index in [2.05, 4.69) is 24.5 Å². The van der Waals surface area contributed by atoms with Gasteiger partial charge in [0.25, 0.3) is 0 Å². The van der Waals surface area contributed by atoms with Crippen LogP contribution in [0.4, 0.5) is 0 Å². The van der Waals surface area contributed by atoms with E-state index < -0.39 is 5.41 Å². The van der Waals surface area contributed by atoms with Gasteiger partial charge >= 0.3 is 0 Å². The fraction of sp³-hybridized carbons (Fsp3) is 0.444. The van der Waals surface area contributed by atoms with Crippen molar-refractivity contribution in [3.05, 3.63) is 48.4 Å². The highest BCUT2D eigenvalue weighted by Gasteiger charge is 2.54. The van der Waals surface area contributed by atoms with Crippen molar-refractivity contribution in [3.63, 3.8) is 0 Å². The Balaban J connectivity index is 1.68. The van der Waals surface area contributed by atoms with E-state index >= 15 is 0 Å². The molecule has 0 spiro atoms. The molecular formula is C18H24N3O2+. The zero-order valence-electron chi connectivity index (χ0n) is 13.9. The van der Waals surface area contributed by atoms with Gasteiger partial charge in [-0.1, -0.05) is 24.3 Å². The molecule has 2 N–H and O–H groups in total. The predicted octanol–water partition coefficient (Wildman–Crippen LogP) is 0.00770. The number of nitrogens with one attached hydrogen (secondary N) is 2. The number of allylic oxidation sites excluding steroid dienone is 3. The maximum Gasteiger partial charge on any atom is 0.240 e. The van der Waals surface area contributed by atoms with E-state index in [1.54, 1.807) is 0 Å². The fourth-order valence-corrected chi connectivity index (χ4v) is 3.55. The number of imide groups is 1. The molecule has 1 aliphatic carbocycles. The third kappa shape index (κ3) is 2.55. The minimum atomic E-state index is -0.705. The van der Waals surface area contributed by atoms with Crippen molar-refractivity contribution in [1.29, 1.82) is 0 Å². The van der Waals surface area contributed by atoms with E-state index in [9.17, 15) is 9.59 Å². The van der Waals surface area contributed by atoms with Crippen LogP contribution in [-0.2, 0) is 9.59 Å². The van der Waals surface area contributed by atoms with Gasteiger partial charge in [-0.15, -0.1) is 0 Å². The monoisotopic (exact) mass is 314 g/mol. The van der Waals surface area contributed by atoms with E-state index in [-0.39, 0.29) is 17.7 Å². The number of hydrogen-bond donors (Lipinski definition) is 2. The molecule has 5 heteroatoms. The third-order valence-corrected chi connectivity index (χ3v) is 5.15. The van der Waals surface area contributed by atoms with Crippen LogP contribution in [0, 0.1) is 11.3 Å². The zero-order valence-corrected chi connectivity index (χ0v) is 13.9. The summed E-state index contributed by atoms with van der Waals surface area (Å²) in [6, 6.07) is 0.313. The van der Waals surface area contributed by atoms with Crippen LogP contribution >= 0.6 is 0 Å². The fourth-order valence-electron chi connectivity index (χ4n) is 3.55. The molecule has 0 bridgehead atoms. The van der Waals surface area contributed by atoms with Gasteiger partial charge in [0.2, 0.25) is 11.8 Å². The van der Waals surface area contributed by atoms with Crippen molar-refractivity contribution in [2.45, 2.75) is 19.9 Å². The van der Waals surface area contributed by atoms with Gasteiger partial charge in [-0.2, -0.15) is 0 Å². The molecule has 0 aromatic carbocycles. The van der Waals surface area contributed by atoms with Crippen LogP contribution in [0.3, 0.4) is 0 Å². The van der Waals surface area contributed by atoms with Gasteiger partial charge in [0.15, 0.2) is 0 Å². The molecule has 2 aliphatic heterocycles. The van der Waals surface area contributed by atoms with Gasteiger partial charge < -0.3 is 10.2 Å². The van der Waals surface area contributed by atoms with Crippen molar-refractivity contribution < 1.29 is 14.5 Å². The SMILES string of the molecule is CNC1=CC(C)[NH+](CCN2C(=O)C3C=CC=CC3(C)C2=O)C=C1. The summed E-state index contributed by atoms with van der Waals surface area (Å²) < 4.78 is 0. The molecule has 23 heavy (non-hydrogen) atoms. The highest BCUT2D eigenvalue weighted by molar-refractivity contribution is 6.09. The second-order valence-corrected chi connectivity index (χ2v) is 6.62. The first kappa shape index (κ1) is 15.7. The number of nitrogens with zero attached hydrogens (tertiary/aromatic N) is 1. The number of rotatable bonds is 4. The van der Waals surface area contributed by atoms with E-state index in [1.165, 1.54) is 9.80 Å². The van der Waals surface area contributed by atoms with Crippen LogP contribution < -0.4 is 10.2 Å². The Morgan fingerprint density at radius 2 is 2.13 bits per heavy atom. The number of amides is 2. The number of hydrogen-bond acceptors (Lipinski definition) is 3. The first-order valence-corrected chi connectivity index (χ1v) is 8.12. The Morgan fingerprint density at radius 3 is 2.78 bits per heavy atom. The first-order chi connectivity index (χ1) is 11.0. The quantitative estimate of drug-likeness (QED) is 0.719. The Hall–Kier alpha value is -2.14. The number of carbonyl (C=O) groups excluding carboxylic acids is 2. The molecule has 3 rings (SSSR count). The highest BCUT2D eigenvalue weighted by atomic mass is 16.2. The Bertz CT molecular complexity index is 647. The summed E-state index contributed by atoms with van der Waals surface area (Å²) in [6.07, 6.45) is 13.7. The molecule has 4 unspecified atom stereocenters. The van der Waals surface area contributed by atoms with E-state index in [4.69, 9.17) is 0 Å². The van der Waals surface area contributed by atoms with Crippen LogP contribution in [0.2, 0.25) is 0 Å². The highest BCUT2D eigenvalue weighted by Crippen LogP contribution is 2.41. The summed E-state index contributed by atoms with van der Waals surface area (Å²) in [5, 5.41) is 3.13. The summed E-state index contributed by atoms with van der Waals surface area (Å²) in [5.41, 5.74) is 0.396. The van der Waals surface area contributed by atoms with Crippen molar-refractivity contribution >= 4 is 11.8 Å². The molecule has 0 aromatic rings. The zero-order chi connectivity index (χ0) is 16.6. The number of quaternary nitrogens is 1. The summed E-state index contributed by atoms with van der Waals surface area (Å²) >= 11 is 0. The minimum absolute atomic E-state index is 0.0717. The number of likely N-dealkylation sites (N-methyl/N-ethyl adjacent to an activating group) is 1. The lowest BCUT2D eigenvalue weighted by Gasteiger charge is -2.26. The van der Waals surface area contributed by atoms with Crippen LogP contribution in [-0.4, -0.2) is 42.9 Å². The maximum absolute atomic E-state index is 12.7. The Kier molecular flexibility index (Phi) is 3.98. The van der Waals surface area contributed by atoms with E-state index in [0.717, 1.165) is 12.2 Å². The lowest BCUT2D eigenvalue weighted by atomic mass is 9.76. The average Bonchev–Trinajstić information content (AvgIpc) is 2.74. The molecule has 2 heterocycles. The van der Waals surface area contributed by atoms with Gasteiger partial charge in [0.1, 0.15) is 12.6 Å². The molecular weight excluding hydrogens is 290 g/mol. The summed E-state index contributed by atoms with van der Waals surface area (Å²) in [6.45, 7) is 5.17. The molecule has 4 atom stereocenters. The Morgan fingerprint density at radius 1 is 1.35 bits per heavy atom.